The highest BCUT2D eigenvalue weighted by molar-refractivity contribution is 5.76. The van der Waals surface area contributed by atoms with Crippen molar-refractivity contribution in [3.05, 3.63) is 0 Å². The van der Waals surface area contributed by atoms with Crippen molar-refractivity contribution in [3.8, 4) is 0 Å². The maximum Gasteiger partial charge on any atom is 0.221 e. The molecule has 2 N–H and O–H groups in total. The van der Waals surface area contributed by atoms with Crippen LogP contribution in [0.15, 0.2) is 0 Å². The molecule has 1 amide bonds. The van der Waals surface area contributed by atoms with Crippen molar-refractivity contribution < 1.29 is 4.79 Å². The average Bonchev–Trinajstić information content (AvgIpc) is 1.90. The molecule has 64 valence electrons. The predicted octanol–water partition coefficient (Wildman–Crippen LogP) is 0.263. The topological polar surface area (TPSA) is 41.1 Å². The van der Waals surface area contributed by atoms with Gasteiger partial charge in [-0.2, -0.15) is 0 Å². The van der Waals surface area contributed by atoms with E-state index in [4.69, 9.17) is 0 Å². The number of amides is 1. The Morgan fingerprint density at radius 1 is 1.55 bits per heavy atom. The summed E-state index contributed by atoms with van der Waals surface area (Å²) in [5.74, 6) is 0.149. The Hall–Kier alpha value is -0.570. The highest BCUT2D eigenvalue weighted by Crippen LogP contribution is 2.07. The molecule has 1 aliphatic heterocycles. The van der Waals surface area contributed by atoms with E-state index in [-0.39, 0.29) is 17.5 Å². The van der Waals surface area contributed by atoms with Gasteiger partial charge in [-0.25, -0.2) is 0 Å². The second-order valence-electron chi connectivity index (χ2n) is 3.91. The molecule has 1 heterocycles. The third-order valence-corrected chi connectivity index (χ3v) is 1.86. The first-order valence-corrected chi connectivity index (χ1v) is 4.04. The van der Waals surface area contributed by atoms with Crippen LogP contribution in [0.2, 0.25) is 0 Å². The number of nitrogens with one attached hydrogen (secondary N) is 2. The zero-order valence-electron chi connectivity index (χ0n) is 7.40. The molecular weight excluding hydrogens is 140 g/mol. The molecular formula is C8H16N2O. The molecule has 3 nitrogen and oxygen atoms in total. The molecule has 1 aliphatic rings. The summed E-state index contributed by atoms with van der Waals surface area (Å²) in [7, 11) is 0. The predicted molar refractivity (Wildman–Crippen MR) is 44.3 cm³/mol. The average molecular weight is 156 g/mol. The summed E-state index contributed by atoms with van der Waals surface area (Å²) in [6.45, 7) is 6.94. The Morgan fingerprint density at radius 3 is 2.82 bits per heavy atom. The SMILES string of the molecule is C[C@@H]1CC(=O)NCC(C)(C)N1. The Kier molecular flexibility index (Phi) is 2.18. The highest BCUT2D eigenvalue weighted by atomic mass is 16.1. The van der Waals surface area contributed by atoms with Gasteiger partial charge in [-0.05, 0) is 20.8 Å². The van der Waals surface area contributed by atoms with Gasteiger partial charge >= 0.3 is 0 Å². The number of rotatable bonds is 0. The first kappa shape index (κ1) is 8.53. The molecule has 1 fully saturated rings. The molecule has 1 atom stereocenters. The van der Waals surface area contributed by atoms with E-state index in [9.17, 15) is 4.79 Å². The van der Waals surface area contributed by atoms with E-state index in [1.165, 1.54) is 0 Å². The summed E-state index contributed by atoms with van der Waals surface area (Å²) in [5, 5.41) is 6.23. The summed E-state index contributed by atoms with van der Waals surface area (Å²) < 4.78 is 0. The summed E-state index contributed by atoms with van der Waals surface area (Å²) in [6.07, 6.45) is 0.587. The lowest BCUT2D eigenvalue weighted by Gasteiger charge is -2.26. The molecule has 0 bridgehead atoms. The van der Waals surface area contributed by atoms with E-state index >= 15 is 0 Å². The van der Waals surface area contributed by atoms with Crippen molar-refractivity contribution in [1.82, 2.24) is 10.6 Å². The van der Waals surface area contributed by atoms with Gasteiger partial charge in [-0.1, -0.05) is 0 Å². The van der Waals surface area contributed by atoms with Crippen molar-refractivity contribution >= 4 is 5.91 Å². The van der Waals surface area contributed by atoms with E-state index in [0.717, 1.165) is 6.54 Å². The van der Waals surface area contributed by atoms with Crippen LogP contribution in [-0.2, 0) is 4.79 Å². The second kappa shape index (κ2) is 2.81. The molecule has 0 aromatic heterocycles. The van der Waals surface area contributed by atoms with Gasteiger partial charge in [-0.3, -0.25) is 4.79 Å². The Balaban J connectivity index is 2.60. The smallest absolute Gasteiger partial charge is 0.221 e. The Bertz CT molecular complexity index is 165. The first-order chi connectivity index (χ1) is 4.99. The lowest BCUT2D eigenvalue weighted by molar-refractivity contribution is -0.121. The first-order valence-electron chi connectivity index (χ1n) is 4.04. The molecule has 0 spiro atoms. The summed E-state index contributed by atoms with van der Waals surface area (Å²) in [4.78, 5) is 11.0. The van der Waals surface area contributed by atoms with Crippen LogP contribution in [0.1, 0.15) is 27.2 Å². The molecule has 3 heteroatoms. The van der Waals surface area contributed by atoms with Gasteiger partial charge in [0.1, 0.15) is 0 Å². The number of hydrogen-bond acceptors (Lipinski definition) is 2. The molecule has 0 aromatic rings. The third-order valence-electron chi connectivity index (χ3n) is 1.86. The van der Waals surface area contributed by atoms with Gasteiger partial charge in [0.2, 0.25) is 5.91 Å². The van der Waals surface area contributed by atoms with Crippen LogP contribution >= 0.6 is 0 Å². The lowest BCUT2D eigenvalue weighted by Crippen LogP contribution is -2.47. The normalized spacial score (nSPS) is 30.8. The fourth-order valence-electron chi connectivity index (χ4n) is 1.44. The summed E-state index contributed by atoms with van der Waals surface area (Å²) in [5.41, 5.74) is 0.0333. The monoisotopic (exact) mass is 156 g/mol. The molecule has 0 aliphatic carbocycles. The fraction of sp³-hybridized carbons (Fsp3) is 0.875. The van der Waals surface area contributed by atoms with Gasteiger partial charge in [0.25, 0.3) is 0 Å². The van der Waals surface area contributed by atoms with Crippen LogP contribution in [0.3, 0.4) is 0 Å². The van der Waals surface area contributed by atoms with Crippen molar-refractivity contribution in [3.63, 3.8) is 0 Å². The van der Waals surface area contributed by atoms with Gasteiger partial charge < -0.3 is 10.6 Å². The van der Waals surface area contributed by atoms with Crippen LogP contribution in [0.5, 0.6) is 0 Å². The number of hydrogen-bond donors (Lipinski definition) is 2. The maximum atomic E-state index is 11.0. The largest absolute Gasteiger partial charge is 0.354 e. The minimum Gasteiger partial charge on any atom is -0.354 e. The van der Waals surface area contributed by atoms with E-state index in [1.54, 1.807) is 0 Å². The Morgan fingerprint density at radius 2 is 2.18 bits per heavy atom. The fourth-order valence-corrected chi connectivity index (χ4v) is 1.44. The van der Waals surface area contributed by atoms with Crippen molar-refractivity contribution in [2.45, 2.75) is 38.8 Å². The van der Waals surface area contributed by atoms with Crippen LogP contribution < -0.4 is 10.6 Å². The van der Waals surface area contributed by atoms with E-state index in [1.807, 2.05) is 6.92 Å². The Labute approximate surface area is 67.5 Å². The van der Waals surface area contributed by atoms with E-state index < -0.39 is 0 Å². The minimum absolute atomic E-state index is 0.0333. The highest BCUT2D eigenvalue weighted by Gasteiger charge is 2.25. The van der Waals surface area contributed by atoms with Crippen LogP contribution in [-0.4, -0.2) is 24.0 Å². The van der Waals surface area contributed by atoms with Crippen molar-refractivity contribution in [2.75, 3.05) is 6.54 Å². The molecule has 1 rings (SSSR count). The number of carbonyl (C=O) groups is 1. The zero-order chi connectivity index (χ0) is 8.48. The summed E-state index contributed by atoms with van der Waals surface area (Å²) >= 11 is 0. The van der Waals surface area contributed by atoms with Crippen LogP contribution in [0.4, 0.5) is 0 Å². The van der Waals surface area contributed by atoms with Crippen molar-refractivity contribution in [1.29, 1.82) is 0 Å². The molecule has 11 heavy (non-hydrogen) atoms. The molecule has 0 aromatic carbocycles. The molecule has 0 unspecified atom stereocenters. The number of carbonyl (C=O) groups excluding carboxylic acids is 1. The molecule has 0 saturated carbocycles. The van der Waals surface area contributed by atoms with E-state index in [2.05, 4.69) is 24.5 Å². The standard InChI is InChI=1S/C8H16N2O/c1-6-4-7(11)9-5-8(2,3)10-6/h6,10H,4-5H2,1-3H3,(H,9,11)/t6-/m1/s1. The minimum atomic E-state index is 0.0333. The van der Waals surface area contributed by atoms with Gasteiger partial charge in [0, 0.05) is 24.5 Å². The quantitative estimate of drug-likeness (QED) is 0.528. The van der Waals surface area contributed by atoms with Gasteiger partial charge in [0.15, 0.2) is 0 Å². The molecule has 1 saturated heterocycles. The maximum absolute atomic E-state index is 11.0. The third kappa shape index (κ3) is 2.50. The van der Waals surface area contributed by atoms with Gasteiger partial charge in [0.05, 0.1) is 0 Å². The summed E-state index contributed by atoms with van der Waals surface area (Å²) in [6, 6.07) is 0.285. The molecule has 0 radical (unpaired) electrons. The zero-order valence-corrected chi connectivity index (χ0v) is 7.40. The van der Waals surface area contributed by atoms with Gasteiger partial charge in [-0.15, -0.1) is 0 Å². The van der Waals surface area contributed by atoms with E-state index in [0.29, 0.717) is 6.42 Å². The lowest BCUT2D eigenvalue weighted by atomic mass is 10.1. The van der Waals surface area contributed by atoms with Crippen LogP contribution in [0, 0.1) is 0 Å². The second-order valence-corrected chi connectivity index (χ2v) is 3.91. The van der Waals surface area contributed by atoms with Crippen LogP contribution in [0.25, 0.3) is 0 Å². The van der Waals surface area contributed by atoms with Crippen molar-refractivity contribution in [2.24, 2.45) is 0 Å².